The minimum absolute atomic E-state index is 0.0552. The Balaban J connectivity index is 0.000000338. The Morgan fingerprint density at radius 1 is 0.691 bits per heavy atom. The van der Waals surface area contributed by atoms with Crippen molar-refractivity contribution in [2.45, 2.75) is 288 Å². The van der Waals surface area contributed by atoms with E-state index in [1.54, 1.807) is 80.7 Å². The van der Waals surface area contributed by atoms with Crippen LogP contribution in [0.5, 0.6) is 0 Å². The fourth-order valence-electron chi connectivity index (χ4n) is 18.1. The standard InChI is InChI=1S/C44H69N7O9.C36H62N6O9.C8H7N.CH3FS/c1-12-32-38-44(8,60-42(55)51(38)20-15-14-19-50-25-33(47-48-50)30-17-16-18-31(45)22-30)35(13-2)58-40(54)29(6)36(52)28(5)39(43(7,56-11)23-26(3)24-46-32)59-41-37(53)34(49(9)10)21-27(4)57-41;1-12-25-30-36(8,51-34(46)42(30)17-15-14-16-39-40-37)27(13-2)49-32(45)24(6)28(43)23(5)31(35(7,47-11)19-21(3)20-38-25)50-33-29(44)26(41(9)10)18-22(4)48-33;1-2-7-4-3-5-8(9)6-7;1-3-2/h12,16-18,22,25-29,32,34-35,37-39,41,46,53H,1,13-15,19-21,23-24,45H2,2-11H3;12,21-27,29-31,33,38,44H,1,13-20H2,2-11H3;1,3-6H,9H2;1H3/t26-,27?,28+,29-,32-,34?,35-,37?,38-,39-,41+,43-,44-;21-,22?,23+,24-,25-,26?,27-,29?,30-,31-,33+,35-,36-;;/m11../s1. The number of likely N-dealkylation sites (N-methyl/N-ethyl adjacent to an activating group) is 2. The number of benzene rings is 2. The SMILES string of the molecule is C#Cc1cccc(N)c1.C=C[C@H]1NC[C@H](C)C[C@@](C)(OC)[C@H](O[C@@H]2OC(C)CC(N(C)C)C2O)[C@@H](C)C(=O)[C@@H](C)C(=O)O[C@H](CC)[C@@]2(C)OC(=O)N(CCCCN=[N+]=[N-])[C@H]12.C=C[C@H]1NC[C@H](C)C[C@@](C)(OC)[C@H](O[C@@H]2OC(C)CC(N(C)C)C2O)[C@@H](C)C(=O)[C@@H](C)C(=O)O[C@H](CC)[C@@]2(C)OC(=O)N(CCCCn3cc(-c4cccc(N)c4)nn3)[C@H]12.CSF. The zero-order chi connectivity index (χ0) is 91.8. The zero-order valence-corrected chi connectivity index (χ0v) is 77.0. The molecule has 0 radical (unpaired) electrons. The number of terminal acetylenes is 1. The number of cyclic esters (lactones) is 2. The first kappa shape index (κ1) is 104. The van der Waals surface area contributed by atoms with Gasteiger partial charge in [-0.2, -0.15) is 3.89 Å². The first-order valence-corrected chi connectivity index (χ1v) is 44.1. The second-order valence-corrected chi connectivity index (χ2v) is 35.2. The molecule has 26 atom stereocenters. The molecule has 2 amide bonds. The number of azide groups is 1. The first-order valence-electron chi connectivity index (χ1n) is 42.9. The van der Waals surface area contributed by atoms with E-state index < -0.39 is 155 Å². The maximum atomic E-state index is 14.4. The summed E-state index contributed by atoms with van der Waals surface area (Å²) in [5, 5.41) is 42.3. The number of amides is 2. The highest BCUT2D eigenvalue weighted by atomic mass is 32.2. The van der Waals surface area contributed by atoms with E-state index in [2.05, 4.69) is 63.9 Å². The molecule has 6 aliphatic heterocycles. The molecular weight excluding hydrogens is 1600 g/mol. The van der Waals surface area contributed by atoms with E-state index in [9.17, 15) is 42.9 Å². The average molecular weight is 1750 g/mol. The summed E-state index contributed by atoms with van der Waals surface area (Å²) < 4.78 is 74.7. The van der Waals surface area contributed by atoms with E-state index in [0.29, 0.717) is 115 Å². The van der Waals surface area contributed by atoms with Crippen LogP contribution in [-0.4, -0.2) is 282 Å². The summed E-state index contributed by atoms with van der Waals surface area (Å²) in [6, 6.07) is 12.1. The van der Waals surface area contributed by atoms with E-state index in [4.69, 9.17) is 70.8 Å². The number of anilines is 2. The summed E-state index contributed by atoms with van der Waals surface area (Å²) in [5.41, 5.74) is 19.1. The highest BCUT2D eigenvalue weighted by molar-refractivity contribution is 7.93. The normalized spacial score (nSPS) is 34.9. The second kappa shape index (κ2) is 47.6. The van der Waals surface area contributed by atoms with Crippen LogP contribution in [0, 0.1) is 47.9 Å². The maximum absolute atomic E-state index is 14.4. The van der Waals surface area contributed by atoms with Crippen LogP contribution in [0.25, 0.3) is 21.7 Å². The number of hydrogen-bond acceptors (Lipinski definition) is 28. The lowest BCUT2D eigenvalue weighted by molar-refractivity contribution is -0.295. The van der Waals surface area contributed by atoms with Gasteiger partial charge in [0.05, 0.1) is 53.9 Å². The number of unbranched alkanes of at least 4 members (excludes halogenated alkanes) is 2. The number of aromatic nitrogens is 3. The van der Waals surface area contributed by atoms with Gasteiger partial charge in [0.1, 0.15) is 41.9 Å². The fourth-order valence-corrected chi connectivity index (χ4v) is 18.1. The molecule has 688 valence electrons. The van der Waals surface area contributed by atoms with Crippen LogP contribution < -0.4 is 22.1 Å². The minimum atomic E-state index is -1.30. The number of Topliss-reactive ketones (excluding diaryl/α,β-unsaturated/α-hetero) is 2. The highest BCUT2D eigenvalue weighted by Gasteiger charge is 2.62. The molecule has 0 bridgehead atoms. The van der Waals surface area contributed by atoms with E-state index in [0.717, 1.165) is 16.8 Å². The number of hydrogen-bond donors (Lipinski definition) is 6. The maximum Gasteiger partial charge on any atom is 0.410 e. The molecule has 34 heteroatoms. The van der Waals surface area contributed by atoms with Crippen molar-refractivity contribution in [2.75, 3.05) is 92.9 Å². The number of ketones is 2. The van der Waals surface area contributed by atoms with Gasteiger partial charge >= 0.3 is 24.1 Å². The smallest absolute Gasteiger partial charge is 0.410 e. The van der Waals surface area contributed by atoms with Crippen LogP contribution in [-0.2, 0) is 73.1 Å². The van der Waals surface area contributed by atoms with Crippen molar-refractivity contribution >= 4 is 59.2 Å². The third-order valence-electron chi connectivity index (χ3n) is 25.0. The molecule has 9 rings (SSSR count). The van der Waals surface area contributed by atoms with Crippen LogP contribution >= 0.6 is 12.1 Å². The van der Waals surface area contributed by atoms with Crippen LogP contribution in [0.1, 0.15) is 167 Å². The molecular formula is C89H141FN14O18S. The number of halogens is 1. The van der Waals surface area contributed by atoms with Gasteiger partial charge in [0.15, 0.2) is 35.3 Å². The molecule has 32 nitrogen and oxygen atoms in total. The molecule has 0 saturated carbocycles. The summed E-state index contributed by atoms with van der Waals surface area (Å²) in [6.45, 7) is 36.2. The molecule has 2 aromatic carbocycles. The number of methoxy groups -OCH3 is 2. The molecule has 123 heavy (non-hydrogen) atoms. The summed E-state index contributed by atoms with van der Waals surface area (Å²) in [5.74, 6) is -4.08. The number of nitrogens with two attached hydrogens (primary N) is 2. The summed E-state index contributed by atoms with van der Waals surface area (Å²) in [4.78, 5) is 94.0. The number of fused-ring (bicyclic) bond motifs is 2. The number of aryl methyl sites for hydroxylation is 1. The molecule has 1 aromatic heterocycles. The number of nitrogens with zero attached hydrogens (tertiary/aromatic N) is 10. The largest absolute Gasteiger partial charge is 0.458 e. The quantitative estimate of drug-likeness (QED) is 0.00491. The van der Waals surface area contributed by atoms with E-state index in [1.807, 2.05) is 122 Å². The lowest BCUT2D eigenvalue weighted by Gasteiger charge is -2.46. The van der Waals surface area contributed by atoms with Gasteiger partial charge in [0.2, 0.25) is 0 Å². The number of esters is 2. The minimum Gasteiger partial charge on any atom is -0.458 e. The van der Waals surface area contributed by atoms with Crippen LogP contribution in [0.15, 0.2) is 85.2 Å². The van der Waals surface area contributed by atoms with Gasteiger partial charge in [-0.15, -0.1) is 24.7 Å². The number of aliphatic hydroxyl groups excluding tert-OH is 2. The number of carbonyl (C=O) groups is 6. The van der Waals surface area contributed by atoms with Crippen molar-refractivity contribution in [3.8, 4) is 23.6 Å². The van der Waals surface area contributed by atoms with Gasteiger partial charge in [0, 0.05) is 122 Å². The fraction of sp³-hybridized carbons (Fsp3) is 0.708. The predicted molar refractivity (Wildman–Crippen MR) is 471 cm³/mol. The van der Waals surface area contributed by atoms with Crippen LogP contribution in [0.3, 0.4) is 0 Å². The zero-order valence-electron chi connectivity index (χ0n) is 76.2. The van der Waals surface area contributed by atoms with Gasteiger partial charge in [-0.3, -0.25) is 33.7 Å². The van der Waals surface area contributed by atoms with E-state index >= 15 is 0 Å². The average Bonchev–Trinajstić information content (AvgIpc) is 1.58. The van der Waals surface area contributed by atoms with Crippen molar-refractivity contribution in [1.82, 2.24) is 45.2 Å². The molecule has 6 unspecified atom stereocenters. The Labute approximate surface area is 732 Å². The molecule has 6 fully saturated rings. The summed E-state index contributed by atoms with van der Waals surface area (Å²) in [6.07, 6.45) is 7.76. The first-order chi connectivity index (χ1) is 58.1. The van der Waals surface area contributed by atoms with Gasteiger partial charge in [-0.05, 0) is 209 Å². The van der Waals surface area contributed by atoms with Gasteiger partial charge in [-0.1, -0.05) is 88.1 Å². The Hall–Kier alpha value is -7.85. The van der Waals surface area contributed by atoms with Gasteiger partial charge in [-0.25, -0.2) is 9.59 Å². The Kier molecular flexibility index (Phi) is 40.3. The number of aliphatic hydroxyl groups is 2. The van der Waals surface area contributed by atoms with Crippen molar-refractivity contribution in [3.05, 3.63) is 96.0 Å². The predicted octanol–water partition coefficient (Wildman–Crippen LogP) is 11.2. The number of nitrogens with one attached hydrogen (secondary N) is 2. The molecule has 6 saturated heterocycles. The van der Waals surface area contributed by atoms with Gasteiger partial charge in [0.25, 0.3) is 0 Å². The van der Waals surface area contributed by atoms with Gasteiger partial charge < -0.3 is 89.5 Å². The molecule has 0 spiro atoms. The number of ether oxygens (including phenoxy) is 10. The topological polar surface area (TPSA) is 404 Å². The summed E-state index contributed by atoms with van der Waals surface area (Å²) in [7, 11) is 10.7. The summed E-state index contributed by atoms with van der Waals surface area (Å²) >= 11 is 0.250. The Morgan fingerprint density at radius 2 is 1.11 bits per heavy atom. The number of nitrogen functional groups attached to an aromatic ring is 2. The van der Waals surface area contributed by atoms with E-state index in [1.165, 1.54) is 20.1 Å². The van der Waals surface area contributed by atoms with Crippen molar-refractivity contribution in [3.63, 3.8) is 0 Å². The third-order valence-corrected chi connectivity index (χ3v) is 25.0. The molecule has 3 aromatic rings. The van der Waals surface area contributed by atoms with Crippen LogP contribution in [0.4, 0.5) is 24.8 Å². The van der Waals surface area contributed by atoms with Crippen molar-refractivity contribution in [1.29, 1.82) is 0 Å². The molecule has 8 N–H and O–H groups in total. The van der Waals surface area contributed by atoms with E-state index in [-0.39, 0.29) is 48.3 Å². The molecule has 0 aliphatic carbocycles. The van der Waals surface area contributed by atoms with Crippen LogP contribution in [0.2, 0.25) is 0 Å². The van der Waals surface area contributed by atoms with Crippen molar-refractivity contribution < 1.29 is 90.2 Å². The molecule has 6 aliphatic rings. The monoisotopic (exact) mass is 1750 g/mol. The Morgan fingerprint density at radius 3 is 1.48 bits per heavy atom. The third kappa shape index (κ3) is 26.4. The lowest BCUT2D eigenvalue weighted by atomic mass is 9.78. The number of carbonyl (C=O) groups excluding carboxylic acids is 6. The molecule has 7 heterocycles. The number of rotatable bonds is 23. The lowest BCUT2D eigenvalue weighted by Crippen LogP contribution is -2.61. The highest BCUT2D eigenvalue weighted by Crippen LogP contribution is 2.44. The van der Waals surface area contributed by atoms with Crippen molar-refractivity contribution in [2.24, 2.45) is 40.6 Å². The Bertz CT molecular complexity index is 4030. The second-order valence-electron chi connectivity index (χ2n) is 34.9.